The van der Waals surface area contributed by atoms with Crippen LogP contribution in [-0.4, -0.2) is 19.3 Å². The van der Waals surface area contributed by atoms with E-state index in [9.17, 15) is 0 Å². The van der Waals surface area contributed by atoms with Gasteiger partial charge in [0.1, 0.15) is 12.2 Å². The maximum atomic E-state index is 6.18. The summed E-state index contributed by atoms with van der Waals surface area (Å²) in [6.45, 7) is 6.07. The van der Waals surface area contributed by atoms with Crippen LogP contribution in [0, 0.1) is 5.92 Å². The van der Waals surface area contributed by atoms with Crippen molar-refractivity contribution in [3.8, 4) is 0 Å². The lowest BCUT2D eigenvalue weighted by Crippen LogP contribution is -2.15. The van der Waals surface area contributed by atoms with E-state index in [1.54, 1.807) is 6.33 Å². The molecule has 1 aliphatic carbocycles. The van der Waals surface area contributed by atoms with Crippen LogP contribution < -0.4 is 5.73 Å². The molecule has 2 N–H and O–H groups in total. The Labute approximate surface area is 119 Å². The Morgan fingerprint density at radius 3 is 3.00 bits per heavy atom. The third-order valence-corrected chi connectivity index (χ3v) is 3.92. The first-order chi connectivity index (χ1) is 9.63. The summed E-state index contributed by atoms with van der Waals surface area (Å²) in [5.74, 6) is 1.58. The van der Waals surface area contributed by atoms with E-state index in [1.165, 1.54) is 17.5 Å². The zero-order chi connectivity index (χ0) is 14.1. The Bertz CT molecular complexity index is 581. The predicted molar refractivity (Wildman–Crippen MR) is 78.3 cm³/mol. The van der Waals surface area contributed by atoms with E-state index in [0.29, 0.717) is 5.92 Å². The van der Waals surface area contributed by atoms with Gasteiger partial charge in [0.15, 0.2) is 0 Å². The van der Waals surface area contributed by atoms with Crippen LogP contribution in [0.3, 0.4) is 0 Å². The molecule has 0 aliphatic heterocycles. The van der Waals surface area contributed by atoms with Crippen LogP contribution in [-0.2, 0) is 19.5 Å². The van der Waals surface area contributed by atoms with Gasteiger partial charge in [-0.1, -0.05) is 13.8 Å². The van der Waals surface area contributed by atoms with Crippen LogP contribution in [0.25, 0.3) is 0 Å². The first-order valence-corrected chi connectivity index (χ1v) is 7.44. The van der Waals surface area contributed by atoms with Gasteiger partial charge in [-0.05, 0) is 36.3 Å². The van der Waals surface area contributed by atoms with Crippen LogP contribution in [0.1, 0.15) is 49.7 Å². The highest BCUT2D eigenvalue weighted by atomic mass is 15.3. The minimum atomic E-state index is 0.202. The maximum Gasteiger partial charge on any atom is 0.146 e. The van der Waals surface area contributed by atoms with Crippen LogP contribution in [0.5, 0.6) is 0 Å². The first-order valence-electron chi connectivity index (χ1n) is 7.44. The molecule has 0 saturated heterocycles. The number of aromatic nitrogens is 4. The Morgan fingerprint density at radius 1 is 1.40 bits per heavy atom. The molecule has 1 atom stereocenters. The number of nitrogens with zero attached hydrogens (tertiary/aromatic N) is 4. The van der Waals surface area contributed by atoms with E-state index in [1.807, 2.05) is 4.68 Å². The van der Waals surface area contributed by atoms with E-state index < -0.39 is 0 Å². The standard InChI is InChI=1S/C15H23N5/c1-11(2)6-20-15(17-10-18-20)9-19-7-12-4-3-5-14(16)13(12)8-19/h7-8,10-11,14H,3-6,9,16H2,1-2H3. The first kappa shape index (κ1) is 13.4. The summed E-state index contributed by atoms with van der Waals surface area (Å²) in [4.78, 5) is 4.39. The lowest BCUT2D eigenvalue weighted by atomic mass is 9.92. The van der Waals surface area contributed by atoms with Crippen molar-refractivity contribution in [2.24, 2.45) is 11.7 Å². The zero-order valence-corrected chi connectivity index (χ0v) is 12.3. The van der Waals surface area contributed by atoms with Crippen molar-refractivity contribution in [2.75, 3.05) is 0 Å². The molecule has 0 fully saturated rings. The van der Waals surface area contributed by atoms with Crippen molar-refractivity contribution < 1.29 is 0 Å². The quantitative estimate of drug-likeness (QED) is 0.928. The lowest BCUT2D eigenvalue weighted by molar-refractivity contribution is 0.461. The maximum absolute atomic E-state index is 6.18. The third-order valence-electron chi connectivity index (χ3n) is 3.92. The largest absolute Gasteiger partial charge is 0.346 e. The minimum absolute atomic E-state index is 0.202. The zero-order valence-electron chi connectivity index (χ0n) is 12.3. The van der Waals surface area contributed by atoms with Gasteiger partial charge in [-0.3, -0.25) is 0 Å². The van der Waals surface area contributed by atoms with E-state index >= 15 is 0 Å². The van der Waals surface area contributed by atoms with Gasteiger partial charge >= 0.3 is 0 Å². The molecule has 0 amide bonds. The molecule has 2 aromatic rings. The Balaban J connectivity index is 1.80. The van der Waals surface area contributed by atoms with Crippen molar-refractivity contribution in [3.05, 3.63) is 35.7 Å². The van der Waals surface area contributed by atoms with Crippen LogP contribution >= 0.6 is 0 Å². The number of nitrogens with two attached hydrogens (primary N) is 1. The van der Waals surface area contributed by atoms with E-state index in [2.05, 4.69) is 40.9 Å². The fourth-order valence-corrected chi connectivity index (χ4v) is 2.95. The third kappa shape index (κ3) is 2.63. The van der Waals surface area contributed by atoms with Gasteiger partial charge in [-0.2, -0.15) is 5.10 Å². The van der Waals surface area contributed by atoms with Crippen molar-refractivity contribution in [1.82, 2.24) is 19.3 Å². The van der Waals surface area contributed by atoms with Gasteiger partial charge in [0.2, 0.25) is 0 Å². The smallest absolute Gasteiger partial charge is 0.146 e. The molecule has 108 valence electrons. The molecular weight excluding hydrogens is 250 g/mol. The molecule has 2 aromatic heterocycles. The molecule has 0 radical (unpaired) electrons. The fourth-order valence-electron chi connectivity index (χ4n) is 2.95. The monoisotopic (exact) mass is 273 g/mol. The molecule has 0 spiro atoms. The number of hydrogen-bond donors (Lipinski definition) is 1. The summed E-state index contributed by atoms with van der Waals surface area (Å²) in [7, 11) is 0. The Morgan fingerprint density at radius 2 is 2.25 bits per heavy atom. The fraction of sp³-hybridized carbons (Fsp3) is 0.600. The molecule has 1 unspecified atom stereocenters. The second-order valence-corrected chi connectivity index (χ2v) is 6.16. The highest BCUT2D eigenvalue weighted by Gasteiger charge is 2.19. The summed E-state index contributed by atoms with van der Waals surface area (Å²) in [5.41, 5.74) is 8.90. The Kier molecular flexibility index (Phi) is 3.61. The molecule has 0 bridgehead atoms. The molecule has 3 rings (SSSR count). The molecule has 2 heterocycles. The van der Waals surface area contributed by atoms with Crippen LogP contribution in [0.4, 0.5) is 0 Å². The van der Waals surface area contributed by atoms with E-state index in [-0.39, 0.29) is 6.04 Å². The highest BCUT2D eigenvalue weighted by molar-refractivity contribution is 5.30. The average molecular weight is 273 g/mol. The topological polar surface area (TPSA) is 61.7 Å². The Hall–Kier alpha value is -1.62. The molecule has 0 saturated carbocycles. The van der Waals surface area contributed by atoms with E-state index in [4.69, 9.17) is 5.73 Å². The molecule has 0 aromatic carbocycles. The SMILES string of the molecule is CC(C)Cn1ncnc1Cn1cc2c(c1)C(N)CCC2. The van der Waals surface area contributed by atoms with Gasteiger partial charge in [0.25, 0.3) is 0 Å². The van der Waals surface area contributed by atoms with Crippen molar-refractivity contribution >= 4 is 0 Å². The van der Waals surface area contributed by atoms with Crippen molar-refractivity contribution in [2.45, 2.75) is 52.2 Å². The molecular formula is C15H23N5. The second-order valence-electron chi connectivity index (χ2n) is 6.16. The number of aryl methyl sites for hydroxylation is 1. The summed E-state index contributed by atoms with van der Waals surface area (Å²) in [6, 6.07) is 0.202. The van der Waals surface area contributed by atoms with Crippen molar-refractivity contribution in [1.29, 1.82) is 0 Å². The minimum Gasteiger partial charge on any atom is -0.346 e. The summed E-state index contributed by atoms with van der Waals surface area (Å²) in [6.07, 6.45) is 9.50. The van der Waals surface area contributed by atoms with Gasteiger partial charge in [-0.25, -0.2) is 9.67 Å². The highest BCUT2D eigenvalue weighted by Crippen LogP contribution is 2.28. The average Bonchev–Trinajstić information content (AvgIpc) is 2.97. The van der Waals surface area contributed by atoms with Crippen LogP contribution in [0.2, 0.25) is 0 Å². The van der Waals surface area contributed by atoms with Crippen molar-refractivity contribution in [3.63, 3.8) is 0 Å². The lowest BCUT2D eigenvalue weighted by Gasteiger charge is -2.17. The normalized spacial score (nSPS) is 18.5. The van der Waals surface area contributed by atoms with Gasteiger partial charge in [-0.15, -0.1) is 0 Å². The van der Waals surface area contributed by atoms with Gasteiger partial charge in [0, 0.05) is 25.0 Å². The number of hydrogen-bond acceptors (Lipinski definition) is 3. The van der Waals surface area contributed by atoms with Gasteiger partial charge < -0.3 is 10.3 Å². The van der Waals surface area contributed by atoms with Crippen LogP contribution in [0.15, 0.2) is 18.7 Å². The van der Waals surface area contributed by atoms with E-state index in [0.717, 1.165) is 31.8 Å². The molecule has 5 nitrogen and oxygen atoms in total. The summed E-state index contributed by atoms with van der Waals surface area (Å²) >= 11 is 0. The number of rotatable bonds is 4. The summed E-state index contributed by atoms with van der Waals surface area (Å²) in [5, 5.41) is 4.32. The molecule has 5 heteroatoms. The molecule has 1 aliphatic rings. The number of fused-ring (bicyclic) bond motifs is 1. The molecule has 20 heavy (non-hydrogen) atoms. The second kappa shape index (κ2) is 5.40. The summed E-state index contributed by atoms with van der Waals surface area (Å²) < 4.78 is 4.21. The predicted octanol–water partition coefficient (Wildman–Crippen LogP) is 2.12. The van der Waals surface area contributed by atoms with Gasteiger partial charge in [0.05, 0.1) is 6.54 Å².